The van der Waals surface area contributed by atoms with E-state index in [1.807, 2.05) is 13.8 Å². The third kappa shape index (κ3) is 9.30. The van der Waals surface area contributed by atoms with E-state index in [1.54, 1.807) is 19.1 Å². The highest BCUT2D eigenvalue weighted by molar-refractivity contribution is 5.73. The molecule has 0 unspecified atom stereocenters. The molecule has 0 aromatic carbocycles. The van der Waals surface area contributed by atoms with Crippen LogP contribution in [-0.2, 0) is 9.53 Å². The summed E-state index contributed by atoms with van der Waals surface area (Å²) in [7, 11) is 3.31. The highest BCUT2D eigenvalue weighted by atomic mass is 16.5. The number of ether oxygens (including phenoxy) is 1. The number of likely N-dealkylation sites (N-methyl/N-ethyl adjacent to an activating group) is 1. The number of aliphatic carboxylic acids is 1. The number of carboxylic acids is 1. The van der Waals surface area contributed by atoms with E-state index in [4.69, 9.17) is 9.84 Å². The minimum Gasteiger partial charge on any atom is -0.481 e. The van der Waals surface area contributed by atoms with Gasteiger partial charge in [0.2, 0.25) is 0 Å². The van der Waals surface area contributed by atoms with Crippen molar-refractivity contribution in [1.29, 1.82) is 0 Å². The predicted molar refractivity (Wildman–Crippen MR) is 73.2 cm³/mol. The van der Waals surface area contributed by atoms with Crippen LogP contribution in [0.25, 0.3) is 0 Å². The second-order valence-electron chi connectivity index (χ2n) is 5.45. The molecule has 0 aliphatic rings. The van der Waals surface area contributed by atoms with Crippen molar-refractivity contribution in [1.82, 2.24) is 10.2 Å². The third-order valence-corrected chi connectivity index (χ3v) is 3.07. The minimum absolute atomic E-state index is 0.0865. The first-order valence-corrected chi connectivity index (χ1v) is 6.48. The van der Waals surface area contributed by atoms with Crippen molar-refractivity contribution in [3.8, 4) is 0 Å². The van der Waals surface area contributed by atoms with Gasteiger partial charge in [-0.3, -0.25) is 4.79 Å². The van der Waals surface area contributed by atoms with E-state index in [0.717, 1.165) is 6.42 Å². The molecule has 0 atom stereocenters. The van der Waals surface area contributed by atoms with Crippen LogP contribution >= 0.6 is 0 Å². The lowest BCUT2D eigenvalue weighted by molar-refractivity contribution is -0.137. The van der Waals surface area contributed by atoms with Gasteiger partial charge in [0.1, 0.15) is 0 Å². The normalized spacial score (nSPS) is 11.2. The van der Waals surface area contributed by atoms with Gasteiger partial charge in [-0.25, -0.2) is 4.79 Å². The highest BCUT2D eigenvalue weighted by Crippen LogP contribution is 2.25. The van der Waals surface area contributed by atoms with Crippen LogP contribution in [-0.4, -0.2) is 55.9 Å². The largest absolute Gasteiger partial charge is 0.481 e. The van der Waals surface area contributed by atoms with E-state index in [2.05, 4.69) is 5.32 Å². The van der Waals surface area contributed by atoms with Gasteiger partial charge in [0.15, 0.2) is 0 Å². The minimum atomic E-state index is -0.781. The number of carbonyl (C=O) groups is 2. The molecule has 0 saturated carbocycles. The van der Waals surface area contributed by atoms with Gasteiger partial charge in [-0.05, 0) is 18.3 Å². The Balaban J connectivity index is 3.87. The molecular weight excluding hydrogens is 248 g/mol. The summed E-state index contributed by atoms with van der Waals surface area (Å²) >= 11 is 0. The summed E-state index contributed by atoms with van der Waals surface area (Å²) in [5.41, 5.74) is -0.0865. The molecule has 0 heterocycles. The maximum absolute atomic E-state index is 11.7. The summed E-state index contributed by atoms with van der Waals surface area (Å²) in [5.74, 6) is -0.781. The number of urea groups is 1. The summed E-state index contributed by atoms with van der Waals surface area (Å²) in [5, 5.41) is 11.5. The van der Waals surface area contributed by atoms with Gasteiger partial charge in [0, 0.05) is 33.7 Å². The molecule has 0 aromatic heterocycles. The van der Waals surface area contributed by atoms with E-state index in [9.17, 15) is 9.59 Å². The summed E-state index contributed by atoms with van der Waals surface area (Å²) in [6, 6.07) is -0.133. The summed E-state index contributed by atoms with van der Waals surface area (Å²) < 4.78 is 4.90. The number of rotatable bonds is 9. The Hall–Kier alpha value is -1.30. The van der Waals surface area contributed by atoms with Crippen LogP contribution in [0.15, 0.2) is 0 Å². The van der Waals surface area contributed by atoms with Crippen molar-refractivity contribution in [2.45, 2.75) is 33.1 Å². The van der Waals surface area contributed by atoms with Gasteiger partial charge in [0.25, 0.3) is 0 Å². The number of nitrogens with one attached hydrogen (secondary N) is 1. The second-order valence-corrected chi connectivity index (χ2v) is 5.45. The highest BCUT2D eigenvalue weighted by Gasteiger charge is 2.19. The van der Waals surface area contributed by atoms with E-state index >= 15 is 0 Å². The fraction of sp³-hybridized carbons (Fsp3) is 0.846. The first-order valence-electron chi connectivity index (χ1n) is 6.48. The monoisotopic (exact) mass is 274 g/mol. The molecule has 0 bridgehead atoms. The topological polar surface area (TPSA) is 78.9 Å². The number of amides is 2. The molecule has 0 aliphatic heterocycles. The molecule has 6 heteroatoms. The fourth-order valence-corrected chi connectivity index (χ4v) is 1.54. The average molecular weight is 274 g/mol. The SMILES string of the molecule is COCCN(C)C(=O)NCCC(C)(C)CCC(=O)O. The molecule has 0 spiro atoms. The Kier molecular flexibility index (Phi) is 8.14. The third-order valence-electron chi connectivity index (χ3n) is 3.07. The molecule has 112 valence electrons. The van der Waals surface area contributed by atoms with Crippen molar-refractivity contribution in [3.05, 3.63) is 0 Å². The Bertz CT molecular complexity index is 292. The van der Waals surface area contributed by atoms with Crippen LogP contribution in [0.4, 0.5) is 4.79 Å². The van der Waals surface area contributed by atoms with E-state index in [0.29, 0.717) is 26.1 Å². The van der Waals surface area contributed by atoms with Crippen LogP contribution in [0.1, 0.15) is 33.1 Å². The molecule has 0 aromatic rings. The maximum atomic E-state index is 11.7. The number of hydrogen-bond acceptors (Lipinski definition) is 3. The van der Waals surface area contributed by atoms with Gasteiger partial charge in [-0.1, -0.05) is 13.8 Å². The molecule has 2 N–H and O–H groups in total. The van der Waals surface area contributed by atoms with Crippen LogP contribution < -0.4 is 5.32 Å². The average Bonchev–Trinajstić information content (AvgIpc) is 2.33. The lowest BCUT2D eigenvalue weighted by Crippen LogP contribution is -2.40. The van der Waals surface area contributed by atoms with Gasteiger partial charge in [-0.15, -0.1) is 0 Å². The molecule has 0 radical (unpaired) electrons. The number of nitrogens with zero attached hydrogens (tertiary/aromatic N) is 1. The van der Waals surface area contributed by atoms with Gasteiger partial charge >= 0.3 is 12.0 Å². The zero-order valence-corrected chi connectivity index (χ0v) is 12.4. The molecular formula is C13H26N2O4. The van der Waals surface area contributed by atoms with Gasteiger partial charge < -0.3 is 20.1 Å². The van der Waals surface area contributed by atoms with E-state index < -0.39 is 5.97 Å². The predicted octanol–water partition coefficient (Wildman–Crippen LogP) is 1.56. The first-order chi connectivity index (χ1) is 8.78. The lowest BCUT2D eigenvalue weighted by Gasteiger charge is -2.25. The standard InChI is InChI=1S/C13H26N2O4/c1-13(2,6-5-11(16)17)7-8-14-12(18)15(3)9-10-19-4/h5-10H2,1-4H3,(H,14,18)(H,16,17). The number of carbonyl (C=O) groups excluding carboxylic acids is 1. The molecule has 6 nitrogen and oxygen atoms in total. The summed E-state index contributed by atoms with van der Waals surface area (Å²) in [4.78, 5) is 23.8. The van der Waals surface area contributed by atoms with Crippen LogP contribution in [0.2, 0.25) is 0 Å². The number of methoxy groups -OCH3 is 1. The smallest absolute Gasteiger partial charge is 0.317 e. The zero-order valence-electron chi connectivity index (χ0n) is 12.4. The quantitative estimate of drug-likeness (QED) is 0.668. The van der Waals surface area contributed by atoms with Crippen molar-refractivity contribution in [2.75, 3.05) is 33.9 Å². The van der Waals surface area contributed by atoms with Crippen LogP contribution in [0, 0.1) is 5.41 Å². The summed E-state index contributed by atoms with van der Waals surface area (Å²) in [6.07, 6.45) is 1.52. The molecule has 0 fully saturated rings. The number of carboxylic acid groups (broad SMARTS) is 1. The van der Waals surface area contributed by atoms with Crippen molar-refractivity contribution < 1.29 is 19.4 Å². The lowest BCUT2D eigenvalue weighted by atomic mass is 9.84. The Morgan fingerprint density at radius 1 is 1.32 bits per heavy atom. The fourth-order valence-electron chi connectivity index (χ4n) is 1.54. The van der Waals surface area contributed by atoms with Gasteiger partial charge in [0.05, 0.1) is 6.61 Å². The van der Waals surface area contributed by atoms with E-state index in [1.165, 1.54) is 0 Å². The zero-order chi connectivity index (χ0) is 14.9. The molecule has 0 saturated heterocycles. The second kappa shape index (κ2) is 8.74. The van der Waals surface area contributed by atoms with Crippen LogP contribution in [0.5, 0.6) is 0 Å². The van der Waals surface area contributed by atoms with Crippen molar-refractivity contribution in [2.24, 2.45) is 5.41 Å². The Morgan fingerprint density at radius 2 is 1.95 bits per heavy atom. The van der Waals surface area contributed by atoms with Crippen molar-refractivity contribution >= 4 is 12.0 Å². The van der Waals surface area contributed by atoms with Gasteiger partial charge in [-0.2, -0.15) is 0 Å². The molecule has 2 amide bonds. The first kappa shape index (κ1) is 17.7. The molecule has 0 aliphatic carbocycles. The Morgan fingerprint density at radius 3 is 2.47 bits per heavy atom. The number of hydrogen-bond donors (Lipinski definition) is 2. The maximum Gasteiger partial charge on any atom is 0.317 e. The van der Waals surface area contributed by atoms with E-state index in [-0.39, 0.29) is 17.9 Å². The van der Waals surface area contributed by atoms with Crippen molar-refractivity contribution in [3.63, 3.8) is 0 Å². The Labute approximate surface area is 115 Å². The van der Waals surface area contributed by atoms with Crippen LogP contribution in [0.3, 0.4) is 0 Å². The molecule has 0 rings (SSSR count). The molecule has 19 heavy (non-hydrogen) atoms. The summed E-state index contributed by atoms with van der Waals surface area (Å²) in [6.45, 7) is 5.62.